The molecule has 0 aliphatic carbocycles. The summed E-state index contributed by atoms with van der Waals surface area (Å²) in [6.07, 6.45) is 1.21. The van der Waals surface area contributed by atoms with E-state index in [2.05, 4.69) is 35.8 Å². The Morgan fingerprint density at radius 1 is 1.44 bits per heavy atom. The van der Waals surface area contributed by atoms with Gasteiger partial charge < -0.3 is 4.74 Å². The molecule has 0 saturated heterocycles. The van der Waals surface area contributed by atoms with E-state index in [0.29, 0.717) is 10.2 Å². The highest BCUT2D eigenvalue weighted by Crippen LogP contribution is 2.27. The van der Waals surface area contributed by atoms with Gasteiger partial charge in [0.1, 0.15) is 12.1 Å². The number of anilines is 1. The lowest BCUT2D eigenvalue weighted by atomic mass is 10.3. The Hall–Kier alpha value is -1.61. The summed E-state index contributed by atoms with van der Waals surface area (Å²) in [4.78, 5) is 3.76. The third-order valence-electron chi connectivity index (χ3n) is 2.08. The number of ether oxygens (including phenoxy) is 1. The number of nitrogens with one attached hydrogen (secondary N) is 2. The van der Waals surface area contributed by atoms with Crippen LogP contribution in [0.1, 0.15) is 0 Å². The largest absolute Gasteiger partial charge is 0.496 e. The predicted octanol–water partition coefficient (Wildman–Crippen LogP) is 1.38. The van der Waals surface area contributed by atoms with Gasteiger partial charge in [-0.2, -0.15) is 10.1 Å². The zero-order valence-electron chi connectivity index (χ0n) is 9.21. The number of H-pyrrole nitrogens is 1. The fourth-order valence-corrected chi connectivity index (χ4v) is 2.64. The first-order valence-electron chi connectivity index (χ1n) is 4.74. The third kappa shape index (κ3) is 2.62. The van der Waals surface area contributed by atoms with Crippen LogP contribution in [0, 0.1) is 0 Å². The van der Waals surface area contributed by atoms with Crippen LogP contribution in [0.15, 0.2) is 33.9 Å². The molecule has 0 aliphatic heterocycles. The van der Waals surface area contributed by atoms with Gasteiger partial charge in [0.25, 0.3) is 10.0 Å². The standard InChI is InChI=1S/C9H9BrN4O3S/c1-17-8-4-6(2-3-7(8)10)18(15,16)14-9-11-5-12-13-9/h2-5H,1H3,(H2,11,12,13,14). The van der Waals surface area contributed by atoms with Crippen LogP contribution in [0.3, 0.4) is 0 Å². The topological polar surface area (TPSA) is 97.0 Å². The summed E-state index contributed by atoms with van der Waals surface area (Å²) in [7, 11) is -2.26. The predicted molar refractivity (Wildman–Crippen MR) is 67.9 cm³/mol. The van der Waals surface area contributed by atoms with Gasteiger partial charge in [-0.3, -0.25) is 0 Å². The molecule has 2 N–H and O–H groups in total. The van der Waals surface area contributed by atoms with Crippen LogP contribution in [-0.2, 0) is 10.0 Å². The molecule has 0 fully saturated rings. The van der Waals surface area contributed by atoms with E-state index in [1.54, 1.807) is 6.07 Å². The van der Waals surface area contributed by atoms with Gasteiger partial charge in [-0.15, -0.1) is 0 Å². The van der Waals surface area contributed by atoms with Crippen molar-refractivity contribution in [2.75, 3.05) is 11.8 Å². The molecule has 2 aromatic rings. The van der Waals surface area contributed by atoms with Crippen molar-refractivity contribution in [3.05, 3.63) is 29.0 Å². The molecule has 0 amide bonds. The molecule has 2 rings (SSSR count). The Morgan fingerprint density at radius 3 is 2.83 bits per heavy atom. The highest BCUT2D eigenvalue weighted by Gasteiger charge is 2.17. The summed E-state index contributed by atoms with van der Waals surface area (Å²) in [6, 6.07) is 4.45. The SMILES string of the molecule is COc1cc(S(=O)(=O)Nc2ncn[nH]2)ccc1Br. The maximum absolute atomic E-state index is 12.0. The Kier molecular flexibility index (Phi) is 3.53. The van der Waals surface area contributed by atoms with Crippen molar-refractivity contribution in [1.82, 2.24) is 15.2 Å². The van der Waals surface area contributed by atoms with E-state index in [1.165, 1.54) is 25.6 Å². The first-order chi connectivity index (χ1) is 8.53. The zero-order chi connectivity index (χ0) is 13.2. The number of benzene rings is 1. The van der Waals surface area contributed by atoms with Crippen molar-refractivity contribution < 1.29 is 13.2 Å². The number of aromatic nitrogens is 3. The molecule has 96 valence electrons. The average molecular weight is 333 g/mol. The van der Waals surface area contributed by atoms with Gasteiger partial charge in [-0.25, -0.2) is 18.2 Å². The Bertz CT molecular complexity index is 642. The summed E-state index contributed by atoms with van der Waals surface area (Å²) in [5, 5.41) is 5.96. The lowest BCUT2D eigenvalue weighted by molar-refractivity contribution is 0.411. The second-order valence-electron chi connectivity index (χ2n) is 3.24. The number of halogens is 1. The van der Waals surface area contributed by atoms with E-state index in [-0.39, 0.29) is 10.8 Å². The zero-order valence-corrected chi connectivity index (χ0v) is 11.6. The molecule has 0 unspecified atom stereocenters. The lowest BCUT2D eigenvalue weighted by Gasteiger charge is -2.08. The lowest BCUT2D eigenvalue weighted by Crippen LogP contribution is -2.14. The third-order valence-corrected chi connectivity index (χ3v) is 4.07. The normalized spacial score (nSPS) is 11.2. The van der Waals surface area contributed by atoms with E-state index in [1.807, 2.05) is 0 Å². The van der Waals surface area contributed by atoms with Crippen LogP contribution < -0.4 is 9.46 Å². The number of sulfonamides is 1. The van der Waals surface area contributed by atoms with Crippen LogP contribution in [0.25, 0.3) is 0 Å². The van der Waals surface area contributed by atoms with Crippen molar-refractivity contribution in [1.29, 1.82) is 0 Å². The molecule has 0 bridgehead atoms. The van der Waals surface area contributed by atoms with E-state index in [0.717, 1.165) is 0 Å². The molecule has 7 nitrogen and oxygen atoms in total. The Labute approximate surface area is 112 Å². The smallest absolute Gasteiger partial charge is 0.264 e. The molecule has 1 heterocycles. The number of methoxy groups -OCH3 is 1. The van der Waals surface area contributed by atoms with E-state index in [4.69, 9.17) is 4.74 Å². The second-order valence-corrected chi connectivity index (χ2v) is 5.77. The quantitative estimate of drug-likeness (QED) is 0.881. The van der Waals surface area contributed by atoms with Crippen LogP contribution in [0.4, 0.5) is 5.95 Å². The van der Waals surface area contributed by atoms with Crippen molar-refractivity contribution in [2.24, 2.45) is 0 Å². The van der Waals surface area contributed by atoms with Gasteiger partial charge in [0.05, 0.1) is 16.5 Å². The molecule has 18 heavy (non-hydrogen) atoms. The summed E-state index contributed by atoms with van der Waals surface area (Å²) in [6.45, 7) is 0. The summed E-state index contributed by atoms with van der Waals surface area (Å²) >= 11 is 3.25. The molecular formula is C9H9BrN4O3S. The highest BCUT2D eigenvalue weighted by molar-refractivity contribution is 9.10. The van der Waals surface area contributed by atoms with Gasteiger partial charge >= 0.3 is 0 Å². The molecule has 0 atom stereocenters. The fraction of sp³-hybridized carbons (Fsp3) is 0.111. The number of hydrogen-bond acceptors (Lipinski definition) is 5. The number of nitrogens with zero attached hydrogens (tertiary/aromatic N) is 2. The minimum absolute atomic E-state index is 0.0527. The Balaban J connectivity index is 2.35. The second kappa shape index (κ2) is 4.94. The van der Waals surface area contributed by atoms with Gasteiger partial charge in [0, 0.05) is 6.07 Å². The van der Waals surface area contributed by atoms with Crippen molar-refractivity contribution in [3.63, 3.8) is 0 Å². The van der Waals surface area contributed by atoms with Gasteiger partial charge in [-0.05, 0) is 28.1 Å². The van der Waals surface area contributed by atoms with E-state index < -0.39 is 10.0 Å². The summed E-state index contributed by atoms with van der Waals surface area (Å²) in [5.41, 5.74) is 0. The minimum Gasteiger partial charge on any atom is -0.496 e. The molecule has 0 radical (unpaired) electrons. The molecule has 1 aromatic carbocycles. The Morgan fingerprint density at radius 2 is 2.22 bits per heavy atom. The molecular weight excluding hydrogens is 324 g/mol. The van der Waals surface area contributed by atoms with E-state index in [9.17, 15) is 8.42 Å². The monoisotopic (exact) mass is 332 g/mol. The number of rotatable bonds is 4. The van der Waals surface area contributed by atoms with Gasteiger partial charge in [0.15, 0.2) is 0 Å². The molecule has 9 heteroatoms. The van der Waals surface area contributed by atoms with Gasteiger partial charge in [0.2, 0.25) is 5.95 Å². The molecule has 0 saturated carbocycles. The van der Waals surface area contributed by atoms with Crippen LogP contribution in [0.2, 0.25) is 0 Å². The first-order valence-corrected chi connectivity index (χ1v) is 7.02. The first kappa shape index (κ1) is 12.8. The minimum atomic E-state index is -3.72. The van der Waals surface area contributed by atoms with Crippen LogP contribution in [-0.4, -0.2) is 30.7 Å². The number of aromatic amines is 1. The molecule has 0 spiro atoms. The highest BCUT2D eigenvalue weighted by atomic mass is 79.9. The van der Waals surface area contributed by atoms with Crippen LogP contribution >= 0.6 is 15.9 Å². The maximum Gasteiger partial charge on any atom is 0.264 e. The molecule has 0 aliphatic rings. The molecule has 1 aromatic heterocycles. The van der Waals surface area contributed by atoms with E-state index >= 15 is 0 Å². The maximum atomic E-state index is 12.0. The van der Waals surface area contributed by atoms with Crippen molar-refractivity contribution >= 4 is 31.9 Å². The van der Waals surface area contributed by atoms with Gasteiger partial charge in [-0.1, -0.05) is 0 Å². The van der Waals surface area contributed by atoms with Crippen molar-refractivity contribution in [3.8, 4) is 5.75 Å². The average Bonchev–Trinajstić information content (AvgIpc) is 2.81. The fourth-order valence-electron chi connectivity index (χ4n) is 1.25. The van der Waals surface area contributed by atoms with Crippen LogP contribution in [0.5, 0.6) is 5.75 Å². The number of hydrogen-bond donors (Lipinski definition) is 2. The summed E-state index contributed by atoms with van der Waals surface area (Å²) in [5.74, 6) is 0.479. The summed E-state index contributed by atoms with van der Waals surface area (Å²) < 4.78 is 32.0. The van der Waals surface area contributed by atoms with Crippen molar-refractivity contribution in [2.45, 2.75) is 4.90 Å².